The molecule has 5 nitrogen and oxygen atoms in total. The lowest BCUT2D eigenvalue weighted by Gasteiger charge is -2.02. The Morgan fingerprint density at radius 2 is 1.84 bits per heavy atom. The van der Waals surface area contributed by atoms with E-state index in [4.69, 9.17) is 10.3 Å². The van der Waals surface area contributed by atoms with Crippen LogP contribution in [-0.4, -0.2) is 15.4 Å². The summed E-state index contributed by atoms with van der Waals surface area (Å²) >= 11 is 0. The van der Waals surface area contributed by atoms with Gasteiger partial charge in [0.15, 0.2) is 0 Å². The maximum Gasteiger partial charge on any atom is 0.230 e. The second-order valence-corrected chi connectivity index (χ2v) is 3.92. The Morgan fingerprint density at radius 1 is 1.11 bits per heavy atom. The predicted molar refractivity (Wildman–Crippen MR) is 63.8 cm³/mol. The van der Waals surface area contributed by atoms with Gasteiger partial charge in [0.05, 0.1) is 11.8 Å². The minimum absolute atomic E-state index is 0.0128. The summed E-state index contributed by atoms with van der Waals surface area (Å²) in [5.41, 5.74) is 7.25. The molecule has 2 aromatic heterocycles. The third kappa shape index (κ3) is 1.95. The topological polar surface area (TPSA) is 80.7 Å². The molecule has 0 radical (unpaired) electrons. The number of hydrogen-bond acceptors (Lipinski definition) is 4. The van der Waals surface area contributed by atoms with Crippen molar-refractivity contribution >= 4 is 5.88 Å². The van der Waals surface area contributed by atoms with Crippen LogP contribution < -0.4 is 5.73 Å². The Balaban J connectivity index is 2.22. The van der Waals surface area contributed by atoms with Crippen molar-refractivity contribution in [1.82, 2.24) is 15.4 Å². The van der Waals surface area contributed by atoms with Crippen molar-refractivity contribution in [2.45, 2.75) is 0 Å². The zero-order valence-electron chi connectivity index (χ0n) is 9.52. The Hall–Kier alpha value is -2.70. The van der Waals surface area contributed by atoms with Gasteiger partial charge in [-0.2, -0.15) is 5.10 Å². The first-order valence-corrected chi connectivity index (χ1v) is 5.36. The first-order valence-electron chi connectivity index (χ1n) is 5.36. The normalized spacial score (nSPS) is 10.8. The summed E-state index contributed by atoms with van der Waals surface area (Å²) in [6.45, 7) is 0. The third-order valence-corrected chi connectivity index (χ3v) is 2.64. The van der Waals surface area contributed by atoms with Crippen LogP contribution in [0.25, 0.3) is 22.4 Å². The molecule has 3 N–H and O–H groups in total. The van der Waals surface area contributed by atoms with Crippen molar-refractivity contribution in [1.29, 1.82) is 0 Å². The maximum absolute atomic E-state index is 13.3. The number of nitrogens with zero attached hydrogens (tertiary/aromatic N) is 2. The van der Waals surface area contributed by atoms with Gasteiger partial charge in [-0.15, -0.1) is 0 Å². The highest BCUT2D eigenvalue weighted by molar-refractivity contribution is 5.86. The zero-order valence-corrected chi connectivity index (χ0v) is 9.52. The summed E-state index contributed by atoms with van der Waals surface area (Å²) in [5, 5.41) is 10.2. The number of aromatic amines is 1. The Bertz CT molecular complexity index is 701. The zero-order chi connectivity index (χ0) is 13.4. The van der Waals surface area contributed by atoms with Gasteiger partial charge in [0, 0.05) is 17.8 Å². The summed E-state index contributed by atoms with van der Waals surface area (Å²) < 4.78 is 31.4. The third-order valence-electron chi connectivity index (χ3n) is 2.64. The van der Waals surface area contributed by atoms with Crippen LogP contribution in [0.5, 0.6) is 0 Å². The van der Waals surface area contributed by atoms with Gasteiger partial charge in [0.2, 0.25) is 5.88 Å². The number of nitrogen functional groups attached to an aromatic ring is 1. The van der Waals surface area contributed by atoms with E-state index in [0.717, 1.165) is 18.2 Å². The van der Waals surface area contributed by atoms with Crippen LogP contribution in [0.3, 0.4) is 0 Å². The van der Waals surface area contributed by atoms with E-state index >= 15 is 0 Å². The van der Waals surface area contributed by atoms with Crippen LogP contribution in [0.4, 0.5) is 14.7 Å². The van der Waals surface area contributed by atoms with E-state index in [1.54, 1.807) is 6.20 Å². The highest BCUT2D eigenvalue weighted by Crippen LogP contribution is 2.36. The Labute approximate surface area is 106 Å². The molecule has 0 aliphatic rings. The van der Waals surface area contributed by atoms with Gasteiger partial charge in [-0.1, -0.05) is 5.16 Å². The molecule has 0 atom stereocenters. The van der Waals surface area contributed by atoms with Gasteiger partial charge in [-0.25, -0.2) is 8.78 Å². The minimum atomic E-state index is -0.700. The number of halogens is 2. The molecule has 1 aromatic carbocycles. The summed E-state index contributed by atoms with van der Waals surface area (Å²) in [4.78, 5) is 0. The number of aromatic nitrogens is 3. The molecule has 0 fully saturated rings. The van der Waals surface area contributed by atoms with Crippen molar-refractivity contribution in [3.05, 3.63) is 42.2 Å². The highest BCUT2D eigenvalue weighted by atomic mass is 19.1. The molecule has 19 heavy (non-hydrogen) atoms. The summed E-state index contributed by atoms with van der Waals surface area (Å²) in [5.74, 6) is -1.41. The van der Waals surface area contributed by atoms with E-state index in [1.807, 2.05) is 0 Å². The molecule has 0 amide bonds. The summed E-state index contributed by atoms with van der Waals surface area (Å²) in [6.07, 6.45) is 3.09. The smallest absolute Gasteiger partial charge is 0.230 e. The fraction of sp³-hybridized carbons (Fsp3) is 0. The Kier molecular flexibility index (Phi) is 2.52. The molecule has 0 saturated heterocycles. The van der Waals surface area contributed by atoms with Crippen molar-refractivity contribution < 1.29 is 13.3 Å². The van der Waals surface area contributed by atoms with Gasteiger partial charge in [0.1, 0.15) is 17.3 Å². The van der Waals surface area contributed by atoms with Crippen molar-refractivity contribution in [3.63, 3.8) is 0 Å². The van der Waals surface area contributed by atoms with Crippen molar-refractivity contribution in [2.24, 2.45) is 0 Å². The Morgan fingerprint density at radius 3 is 2.47 bits per heavy atom. The number of benzene rings is 1. The molecule has 96 valence electrons. The van der Waals surface area contributed by atoms with E-state index in [0.29, 0.717) is 16.8 Å². The molecule has 0 unspecified atom stereocenters. The van der Waals surface area contributed by atoms with Crippen LogP contribution in [-0.2, 0) is 0 Å². The molecule has 7 heteroatoms. The lowest BCUT2D eigenvalue weighted by molar-refractivity contribution is 0.439. The molecular weight excluding hydrogens is 254 g/mol. The molecule has 3 rings (SSSR count). The van der Waals surface area contributed by atoms with Crippen LogP contribution >= 0.6 is 0 Å². The van der Waals surface area contributed by atoms with Gasteiger partial charge in [0.25, 0.3) is 0 Å². The number of nitrogens with two attached hydrogens (primary N) is 1. The van der Waals surface area contributed by atoms with Gasteiger partial charge in [-0.05, 0) is 17.7 Å². The molecule has 0 aliphatic carbocycles. The fourth-order valence-electron chi connectivity index (χ4n) is 1.86. The second kappa shape index (κ2) is 4.20. The van der Waals surface area contributed by atoms with E-state index in [-0.39, 0.29) is 11.4 Å². The lowest BCUT2D eigenvalue weighted by atomic mass is 10.0. The highest BCUT2D eigenvalue weighted by Gasteiger charge is 2.19. The first-order chi connectivity index (χ1) is 9.15. The number of H-pyrrole nitrogens is 1. The van der Waals surface area contributed by atoms with E-state index < -0.39 is 11.6 Å². The molecule has 0 aliphatic heterocycles. The standard InChI is InChI=1S/C12H8F2N4O/c13-8-1-6(2-9(14)3-8)10-11(18-19-12(10)15)7-4-16-17-5-7/h1-5H,15H2,(H,16,17). The van der Waals surface area contributed by atoms with E-state index in [2.05, 4.69) is 15.4 Å². The second-order valence-electron chi connectivity index (χ2n) is 3.92. The number of nitrogens with one attached hydrogen (secondary N) is 1. The monoisotopic (exact) mass is 262 g/mol. The average Bonchev–Trinajstić information content (AvgIpc) is 2.95. The average molecular weight is 262 g/mol. The molecular formula is C12H8F2N4O. The van der Waals surface area contributed by atoms with Crippen molar-refractivity contribution in [3.8, 4) is 22.4 Å². The molecule has 2 heterocycles. The van der Waals surface area contributed by atoms with E-state index in [9.17, 15) is 8.78 Å². The summed E-state index contributed by atoms with van der Waals surface area (Å²) in [7, 11) is 0. The number of rotatable bonds is 2. The molecule has 3 aromatic rings. The molecule has 0 saturated carbocycles. The maximum atomic E-state index is 13.3. The largest absolute Gasteiger partial charge is 0.367 e. The lowest BCUT2D eigenvalue weighted by Crippen LogP contribution is -1.89. The van der Waals surface area contributed by atoms with E-state index in [1.165, 1.54) is 6.20 Å². The van der Waals surface area contributed by atoms with Gasteiger partial charge in [-0.3, -0.25) is 5.10 Å². The quantitative estimate of drug-likeness (QED) is 0.743. The van der Waals surface area contributed by atoms with Crippen LogP contribution in [0.2, 0.25) is 0 Å². The van der Waals surface area contributed by atoms with Crippen LogP contribution in [0.15, 0.2) is 35.1 Å². The van der Waals surface area contributed by atoms with Crippen LogP contribution in [0.1, 0.15) is 0 Å². The SMILES string of the molecule is Nc1onc(-c2cn[nH]c2)c1-c1cc(F)cc(F)c1. The van der Waals surface area contributed by atoms with Crippen LogP contribution in [0, 0.1) is 11.6 Å². The van der Waals surface area contributed by atoms with Gasteiger partial charge >= 0.3 is 0 Å². The predicted octanol–water partition coefficient (Wildman–Crippen LogP) is 2.59. The van der Waals surface area contributed by atoms with Gasteiger partial charge < -0.3 is 10.3 Å². The number of anilines is 1. The minimum Gasteiger partial charge on any atom is -0.367 e. The number of hydrogen-bond donors (Lipinski definition) is 2. The first kappa shape index (κ1) is 11.4. The molecule has 0 spiro atoms. The summed E-state index contributed by atoms with van der Waals surface area (Å²) in [6, 6.07) is 3.11. The fourth-order valence-corrected chi connectivity index (χ4v) is 1.86. The van der Waals surface area contributed by atoms with Crippen molar-refractivity contribution in [2.75, 3.05) is 5.73 Å². The molecule has 0 bridgehead atoms.